The first-order valence-corrected chi connectivity index (χ1v) is 7.39. The molecule has 0 aliphatic heterocycles. The molecule has 1 heterocycles. The molecule has 0 unspecified atom stereocenters. The minimum atomic E-state index is 0.263. The Labute approximate surface area is 121 Å². The fraction of sp³-hybridized carbons (Fsp3) is 0.471. The molecule has 3 nitrogen and oxygen atoms in total. The molecule has 0 amide bonds. The summed E-state index contributed by atoms with van der Waals surface area (Å²) in [6.45, 7) is 6.20. The molecule has 20 heavy (non-hydrogen) atoms. The van der Waals surface area contributed by atoms with Crippen LogP contribution in [0.2, 0.25) is 0 Å². The predicted molar refractivity (Wildman–Crippen MR) is 84.3 cm³/mol. The summed E-state index contributed by atoms with van der Waals surface area (Å²) in [5.74, 6) is 0. The van der Waals surface area contributed by atoms with Gasteiger partial charge in [-0.3, -0.25) is 4.68 Å². The lowest BCUT2D eigenvalue weighted by Gasteiger charge is -2.21. The highest BCUT2D eigenvalue weighted by Gasteiger charge is 2.14. The number of rotatable bonds is 7. The number of hydrogen-bond acceptors (Lipinski definition) is 2. The molecule has 0 aliphatic carbocycles. The van der Waals surface area contributed by atoms with Crippen LogP contribution in [0.25, 0.3) is 11.1 Å². The van der Waals surface area contributed by atoms with Crippen molar-refractivity contribution in [2.75, 3.05) is 6.54 Å². The molecule has 2 N–H and O–H groups in total. The SMILES string of the molecule is CC(C)(CN)CCCCn1cc(-c2ccccc2)cn1. The van der Waals surface area contributed by atoms with Gasteiger partial charge in [0.1, 0.15) is 0 Å². The van der Waals surface area contributed by atoms with Gasteiger partial charge < -0.3 is 5.73 Å². The van der Waals surface area contributed by atoms with Gasteiger partial charge in [0.25, 0.3) is 0 Å². The zero-order valence-electron chi connectivity index (χ0n) is 12.5. The average molecular weight is 271 g/mol. The summed E-state index contributed by atoms with van der Waals surface area (Å²) < 4.78 is 2.04. The monoisotopic (exact) mass is 271 g/mol. The van der Waals surface area contributed by atoms with Crippen LogP contribution in [0.5, 0.6) is 0 Å². The summed E-state index contributed by atoms with van der Waals surface area (Å²) in [5, 5.41) is 4.44. The number of aromatic nitrogens is 2. The Kier molecular flexibility index (Phi) is 4.96. The first-order valence-electron chi connectivity index (χ1n) is 7.39. The van der Waals surface area contributed by atoms with Crippen molar-refractivity contribution < 1.29 is 0 Å². The topological polar surface area (TPSA) is 43.8 Å². The van der Waals surface area contributed by atoms with E-state index in [1.54, 1.807) is 0 Å². The summed E-state index contributed by atoms with van der Waals surface area (Å²) in [6, 6.07) is 10.4. The number of nitrogens with two attached hydrogens (primary N) is 1. The summed E-state index contributed by atoms with van der Waals surface area (Å²) in [7, 11) is 0. The van der Waals surface area contributed by atoms with Gasteiger partial charge in [-0.1, -0.05) is 50.6 Å². The maximum absolute atomic E-state index is 5.75. The van der Waals surface area contributed by atoms with Gasteiger partial charge in [-0.25, -0.2) is 0 Å². The van der Waals surface area contributed by atoms with E-state index in [0.717, 1.165) is 19.5 Å². The molecule has 108 valence electrons. The van der Waals surface area contributed by atoms with Crippen LogP contribution in [-0.2, 0) is 6.54 Å². The highest BCUT2D eigenvalue weighted by Crippen LogP contribution is 2.22. The van der Waals surface area contributed by atoms with Crippen LogP contribution in [0, 0.1) is 5.41 Å². The molecular formula is C17H25N3. The van der Waals surface area contributed by atoms with Crippen molar-refractivity contribution in [1.82, 2.24) is 9.78 Å². The molecule has 0 fully saturated rings. The number of hydrogen-bond donors (Lipinski definition) is 1. The van der Waals surface area contributed by atoms with E-state index >= 15 is 0 Å². The van der Waals surface area contributed by atoms with Crippen molar-refractivity contribution in [2.24, 2.45) is 11.1 Å². The van der Waals surface area contributed by atoms with Crippen molar-refractivity contribution in [1.29, 1.82) is 0 Å². The van der Waals surface area contributed by atoms with Gasteiger partial charge in [0.15, 0.2) is 0 Å². The normalized spacial score (nSPS) is 11.8. The Hall–Kier alpha value is -1.61. The van der Waals surface area contributed by atoms with E-state index in [1.165, 1.54) is 24.0 Å². The smallest absolute Gasteiger partial charge is 0.0568 e. The van der Waals surface area contributed by atoms with Crippen molar-refractivity contribution in [3.8, 4) is 11.1 Å². The summed E-state index contributed by atoms with van der Waals surface area (Å²) >= 11 is 0. The van der Waals surface area contributed by atoms with E-state index in [0.29, 0.717) is 0 Å². The minimum absolute atomic E-state index is 0.263. The maximum Gasteiger partial charge on any atom is 0.0568 e. The molecule has 1 aromatic carbocycles. The van der Waals surface area contributed by atoms with Crippen LogP contribution in [0.15, 0.2) is 42.7 Å². The van der Waals surface area contributed by atoms with Crippen LogP contribution in [0.1, 0.15) is 33.1 Å². The lowest BCUT2D eigenvalue weighted by atomic mass is 9.87. The Balaban J connectivity index is 1.82. The fourth-order valence-electron chi connectivity index (χ4n) is 2.24. The second-order valence-corrected chi connectivity index (χ2v) is 6.18. The van der Waals surface area contributed by atoms with Crippen molar-refractivity contribution >= 4 is 0 Å². The van der Waals surface area contributed by atoms with Crippen LogP contribution in [-0.4, -0.2) is 16.3 Å². The van der Waals surface area contributed by atoms with E-state index in [4.69, 9.17) is 5.73 Å². The van der Waals surface area contributed by atoms with Gasteiger partial charge in [-0.2, -0.15) is 5.10 Å². The van der Waals surface area contributed by atoms with Crippen molar-refractivity contribution in [2.45, 2.75) is 39.7 Å². The lowest BCUT2D eigenvalue weighted by molar-refractivity contribution is 0.327. The van der Waals surface area contributed by atoms with E-state index < -0.39 is 0 Å². The highest BCUT2D eigenvalue weighted by molar-refractivity contribution is 5.61. The highest BCUT2D eigenvalue weighted by atomic mass is 15.3. The average Bonchev–Trinajstić information content (AvgIpc) is 2.93. The van der Waals surface area contributed by atoms with E-state index in [2.05, 4.69) is 49.4 Å². The quantitative estimate of drug-likeness (QED) is 0.780. The first-order chi connectivity index (χ1) is 9.61. The summed E-state index contributed by atoms with van der Waals surface area (Å²) in [4.78, 5) is 0. The standard InChI is InChI=1S/C17H25N3/c1-17(2,14-18)10-6-7-11-20-13-16(12-19-20)15-8-4-3-5-9-15/h3-5,8-9,12-13H,6-7,10-11,14,18H2,1-2H3. The van der Waals surface area contributed by atoms with Crippen molar-refractivity contribution in [3.05, 3.63) is 42.7 Å². The maximum atomic E-state index is 5.75. The molecule has 0 saturated heterocycles. The van der Waals surface area contributed by atoms with Gasteiger partial charge in [-0.15, -0.1) is 0 Å². The second-order valence-electron chi connectivity index (χ2n) is 6.18. The Morgan fingerprint density at radius 2 is 1.85 bits per heavy atom. The van der Waals surface area contributed by atoms with Gasteiger partial charge in [0.2, 0.25) is 0 Å². The van der Waals surface area contributed by atoms with Crippen LogP contribution in [0.3, 0.4) is 0 Å². The molecule has 1 aromatic heterocycles. The third kappa shape index (κ3) is 4.20. The van der Waals surface area contributed by atoms with Gasteiger partial charge >= 0.3 is 0 Å². The minimum Gasteiger partial charge on any atom is -0.330 e. The molecule has 0 atom stereocenters. The van der Waals surface area contributed by atoms with E-state index in [9.17, 15) is 0 Å². The Morgan fingerprint density at radius 1 is 1.10 bits per heavy atom. The zero-order valence-corrected chi connectivity index (χ0v) is 12.5. The molecule has 0 aliphatic rings. The lowest BCUT2D eigenvalue weighted by Crippen LogP contribution is -2.23. The zero-order chi connectivity index (χ0) is 14.4. The van der Waals surface area contributed by atoms with Gasteiger partial charge in [0, 0.05) is 18.3 Å². The van der Waals surface area contributed by atoms with Crippen LogP contribution in [0.4, 0.5) is 0 Å². The Morgan fingerprint density at radius 3 is 2.55 bits per heavy atom. The van der Waals surface area contributed by atoms with Gasteiger partial charge in [-0.05, 0) is 30.4 Å². The molecule has 3 heteroatoms. The van der Waals surface area contributed by atoms with Crippen LogP contribution < -0.4 is 5.73 Å². The first kappa shape index (κ1) is 14.8. The molecule has 2 rings (SSSR count). The number of nitrogens with zero attached hydrogens (tertiary/aromatic N) is 2. The number of benzene rings is 1. The number of aryl methyl sites for hydroxylation is 1. The van der Waals surface area contributed by atoms with Gasteiger partial charge in [0.05, 0.1) is 6.20 Å². The predicted octanol–water partition coefficient (Wildman–Crippen LogP) is 3.71. The van der Waals surface area contributed by atoms with Crippen molar-refractivity contribution in [3.63, 3.8) is 0 Å². The molecule has 0 bridgehead atoms. The van der Waals surface area contributed by atoms with E-state index in [1.807, 2.05) is 16.9 Å². The van der Waals surface area contributed by atoms with Crippen LogP contribution >= 0.6 is 0 Å². The largest absolute Gasteiger partial charge is 0.330 e. The molecule has 0 spiro atoms. The number of unbranched alkanes of at least 4 members (excludes halogenated alkanes) is 1. The third-order valence-electron chi connectivity index (χ3n) is 3.78. The second kappa shape index (κ2) is 6.71. The summed E-state index contributed by atoms with van der Waals surface area (Å²) in [5.41, 5.74) is 8.43. The molecule has 2 aromatic rings. The fourth-order valence-corrected chi connectivity index (χ4v) is 2.24. The molecule has 0 radical (unpaired) electrons. The Bertz CT molecular complexity index is 514. The molecular weight excluding hydrogens is 246 g/mol. The molecule has 0 saturated carbocycles. The third-order valence-corrected chi connectivity index (χ3v) is 3.78. The summed E-state index contributed by atoms with van der Waals surface area (Å²) in [6.07, 6.45) is 7.60. The van der Waals surface area contributed by atoms with E-state index in [-0.39, 0.29) is 5.41 Å².